The van der Waals surface area contributed by atoms with Gasteiger partial charge in [0.15, 0.2) is 11.6 Å². The van der Waals surface area contributed by atoms with Crippen molar-refractivity contribution in [3.05, 3.63) is 24.0 Å². The van der Waals surface area contributed by atoms with Crippen LogP contribution in [0.25, 0.3) is 0 Å². The van der Waals surface area contributed by atoms with Crippen LogP contribution in [0.3, 0.4) is 0 Å². The predicted octanol–water partition coefficient (Wildman–Crippen LogP) is 0.960. The zero-order chi connectivity index (χ0) is 12.3. The number of aliphatic imine (C=N–C) groups is 1. The summed E-state index contributed by atoms with van der Waals surface area (Å²) in [5.74, 6) is -0.176. The number of anilines is 1. The normalized spacial score (nSPS) is 18.5. The fraction of sp³-hybridized carbons (Fsp3) is 0.364. The summed E-state index contributed by atoms with van der Waals surface area (Å²) in [4.78, 5) is 4.07. The smallest absolute Gasteiger partial charge is 0.282 e. The van der Waals surface area contributed by atoms with Gasteiger partial charge in [-0.3, -0.25) is 0 Å². The first-order chi connectivity index (χ1) is 8.19. The van der Waals surface area contributed by atoms with Crippen molar-refractivity contribution in [1.29, 1.82) is 0 Å². The summed E-state index contributed by atoms with van der Waals surface area (Å²) in [6.45, 7) is 1.05. The number of hydrogen-bond acceptors (Lipinski definition) is 5. The fourth-order valence-corrected chi connectivity index (χ4v) is 1.55. The molecule has 0 amide bonds. The minimum Gasteiger partial charge on any atom is -0.494 e. The van der Waals surface area contributed by atoms with E-state index in [4.69, 9.17) is 15.2 Å². The molecule has 2 rings (SSSR count). The van der Waals surface area contributed by atoms with Crippen LogP contribution in [0.5, 0.6) is 5.75 Å². The van der Waals surface area contributed by atoms with Gasteiger partial charge in [0.05, 0.1) is 7.11 Å². The van der Waals surface area contributed by atoms with E-state index in [-0.39, 0.29) is 23.6 Å². The van der Waals surface area contributed by atoms with Crippen molar-refractivity contribution in [2.45, 2.75) is 6.04 Å². The van der Waals surface area contributed by atoms with Gasteiger partial charge in [0.2, 0.25) is 0 Å². The molecule has 5 nitrogen and oxygen atoms in total. The van der Waals surface area contributed by atoms with Crippen molar-refractivity contribution >= 4 is 11.7 Å². The van der Waals surface area contributed by atoms with Gasteiger partial charge in [0, 0.05) is 18.3 Å². The minimum atomic E-state index is -0.385. The Balaban J connectivity index is 1.95. The molecule has 1 aliphatic rings. The van der Waals surface area contributed by atoms with Crippen molar-refractivity contribution in [3.63, 3.8) is 0 Å². The van der Waals surface area contributed by atoms with Crippen LogP contribution in [0, 0.1) is 5.82 Å². The highest BCUT2D eigenvalue weighted by atomic mass is 19.1. The zero-order valence-corrected chi connectivity index (χ0v) is 9.44. The number of ether oxygens (including phenoxy) is 2. The van der Waals surface area contributed by atoms with Crippen LogP contribution in [0.2, 0.25) is 0 Å². The van der Waals surface area contributed by atoms with Crippen molar-refractivity contribution in [1.82, 2.24) is 0 Å². The summed E-state index contributed by atoms with van der Waals surface area (Å²) in [7, 11) is 1.43. The maximum absolute atomic E-state index is 13.2. The van der Waals surface area contributed by atoms with E-state index in [9.17, 15) is 4.39 Å². The number of nitrogens with one attached hydrogen (secondary N) is 1. The number of halogens is 1. The quantitative estimate of drug-likeness (QED) is 0.821. The number of rotatable bonds is 4. The molecule has 0 spiro atoms. The molecule has 0 radical (unpaired) electrons. The fourth-order valence-electron chi connectivity index (χ4n) is 1.55. The highest BCUT2D eigenvalue weighted by molar-refractivity contribution is 5.73. The molecule has 0 saturated carbocycles. The van der Waals surface area contributed by atoms with Gasteiger partial charge in [-0.25, -0.2) is 9.38 Å². The molecule has 0 fully saturated rings. The number of amidine groups is 1. The van der Waals surface area contributed by atoms with Gasteiger partial charge in [-0.05, 0) is 12.1 Å². The molecule has 92 valence electrons. The van der Waals surface area contributed by atoms with Crippen LogP contribution in [0.4, 0.5) is 10.1 Å². The second kappa shape index (κ2) is 4.90. The van der Waals surface area contributed by atoms with E-state index < -0.39 is 0 Å². The molecule has 1 heterocycles. The summed E-state index contributed by atoms with van der Waals surface area (Å²) in [5, 5.41) is 3.12. The number of nitrogens with two attached hydrogens (primary N) is 1. The lowest BCUT2D eigenvalue weighted by atomic mass is 10.2. The summed E-state index contributed by atoms with van der Waals surface area (Å²) in [6, 6.07) is 4.79. The maximum Gasteiger partial charge on any atom is 0.282 e. The molecule has 0 bridgehead atoms. The van der Waals surface area contributed by atoms with Crippen molar-refractivity contribution in [2.75, 3.05) is 25.6 Å². The first kappa shape index (κ1) is 11.5. The van der Waals surface area contributed by atoms with Crippen molar-refractivity contribution < 1.29 is 13.9 Å². The topological polar surface area (TPSA) is 68.9 Å². The van der Waals surface area contributed by atoms with Crippen LogP contribution >= 0.6 is 0 Å². The summed E-state index contributed by atoms with van der Waals surface area (Å²) in [5.41, 5.74) is 6.16. The highest BCUT2D eigenvalue weighted by Gasteiger charge is 2.16. The first-order valence-corrected chi connectivity index (χ1v) is 5.22. The molecule has 0 saturated heterocycles. The Bertz CT molecular complexity index is 437. The Kier molecular flexibility index (Phi) is 3.32. The zero-order valence-electron chi connectivity index (χ0n) is 9.44. The Morgan fingerprint density at radius 3 is 3.12 bits per heavy atom. The molecule has 6 heteroatoms. The number of methoxy groups -OCH3 is 1. The van der Waals surface area contributed by atoms with E-state index in [2.05, 4.69) is 10.3 Å². The second-order valence-corrected chi connectivity index (χ2v) is 3.66. The second-order valence-electron chi connectivity index (χ2n) is 3.66. The number of hydrogen-bond donors (Lipinski definition) is 2. The number of nitrogens with zero attached hydrogens (tertiary/aromatic N) is 1. The lowest BCUT2D eigenvalue weighted by Crippen LogP contribution is -2.19. The van der Waals surface area contributed by atoms with Gasteiger partial charge in [-0.2, -0.15) is 0 Å². The molecule has 1 aromatic rings. The molecule has 1 aliphatic heterocycles. The van der Waals surface area contributed by atoms with E-state index in [1.54, 1.807) is 12.1 Å². The van der Waals surface area contributed by atoms with E-state index >= 15 is 0 Å². The lowest BCUT2D eigenvalue weighted by Gasteiger charge is -2.10. The van der Waals surface area contributed by atoms with E-state index in [1.165, 1.54) is 13.2 Å². The Labute approximate surface area is 98.4 Å². The predicted molar refractivity (Wildman–Crippen MR) is 62.8 cm³/mol. The van der Waals surface area contributed by atoms with Crippen LogP contribution < -0.4 is 15.8 Å². The van der Waals surface area contributed by atoms with E-state index in [1.807, 2.05) is 0 Å². The van der Waals surface area contributed by atoms with Gasteiger partial charge < -0.3 is 20.5 Å². The monoisotopic (exact) mass is 239 g/mol. The largest absolute Gasteiger partial charge is 0.494 e. The molecule has 0 aromatic heterocycles. The Morgan fingerprint density at radius 2 is 2.47 bits per heavy atom. The van der Waals surface area contributed by atoms with Gasteiger partial charge >= 0.3 is 0 Å². The van der Waals surface area contributed by atoms with Crippen LogP contribution in [0.1, 0.15) is 0 Å². The van der Waals surface area contributed by atoms with E-state index in [0.717, 1.165) is 5.69 Å². The van der Waals surface area contributed by atoms with Crippen LogP contribution in [-0.2, 0) is 4.74 Å². The molecule has 3 N–H and O–H groups in total. The van der Waals surface area contributed by atoms with E-state index in [0.29, 0.717) is 13.2 Å². The highest BCUT2D eigenvalue weighted by Crippen LogP contribution is 2.21. The lowest BCUT2D eigenvalue weighted by molar-refractivity contribution is 0.316. The molecule has 1 aromatic carbocycles. The third kappa shape index (κ3) is 2.77. The van der Waals surface area contributed by atoms with Crippen molar-refractivity contribution in [2.24, 2.45) is 10.7 Å². The molecule has 1 atom stereocenters. The third-order valence-electron chi connectivity index (χ3n) is 2.43. The minimum absolute atomic E-state index is 0.00829. The average Bonchev–Trinajstić information content (AvgIpc) is 2.74. The molecular formula is C11H14FN3O2. The molecule has 1 unspecified atom stereocenters. The van der Waals surface area contributed by atoms with Crippen LogP contribution in [-0.4, -0.2) is 32.3 Å². The van der Waals surface area contributed by atoms with Gasteiger partial charge in [-0.1, -0.05) is 0 Å². The van der Waals surface area contributed by atoms with Crippen LogP contribution in [0.15, 0.2) is 23.2 Å². The summed E-state index contributed by atoms with van der Waals surface area (Å²) >= 11 is 0. The standard InChI is InChI=1S/C11H14FN3O2/c1-16-10-4-7(2-3-9(10)12)14-5-8-6-17-11(13)15-8/h2-4,8,14H,5-6H2,1H3,(H2,13,15). The van der Waals surface area contributed by atoms with Gasteiger partial charge in [-0.15, -0.1) is 0 Å². The average molecular weight is 239 g/mol. The summed E-state index contributed by atoms with van der Waals surface area (Å²) < 4.78 is 23.1. The van der Waals surface area contributed by atoms with Crippen molar-refractivity contribution in [3.8, 4) is 5.75 Å². The molecule has 0 aliphatic carbocycles. The van der Waals surface area contributed by atoms with Gasteiger partial charge in [0.25, 0.3) is 6.02 Å². The molecular weight excluding hydrogens is 225 g/mol. The Hall–Kier alpha value is -1.98. The number of benzene rings is 1. The first-order valence-electron chi connectivity index (χ1n) is 5.22. The maximum atomic E-state index is 13.2. The SMILES string of the molecule is COc1cc(NCC2COC(N)=N2)ccc1F. The van der Waals surface area contributed by atoms with Gasteiger partial charge in [0.1, 0.15) is 12.6 Å². The Morgan fingerprint density at radius 1 is 1.65 bits per heavy atom. The summed E-state index contributed by atoms with van der Waals surface area (Å²) in [6.07, 6.45) is 0. The third-order valence-corrected chi connectivity index (χ3v) is 2.43. The molecule has 17 heavy (non-hydrogen) atoms.